The molecule has 0 spiro atoms. The number of nitrogens with zero attached hydrogens (tertiary/aromatic N) is 3. The van der Waals surface area contributed by atoms with E-state index in [0.29, 0.717) is 19.6 Å². The maximum Gasteiger partial charge on any atom is 0.343 e. The number of H-pyrrole nitrogens is 1. The Morgan fingerprint density at radius 3 is 2.61 bits per heavy atom. The Hall–Kier alpha value is -1.68. The molecule has 10 heteroatoms. The monoisotopic (exact) mass is 345 g/mol. The van der Waals surface area contributed by atoms with Crippen molar-refractivity contribution in [3.8, 4) is 0 Å². The fourth-order valence-electron chi connectivity index (χ4n) is 2.84. The minimum absolute atomic E-state index is 0.0606. The zero-order valence-corrected chi connectivity index (χ0v) is 14.2. The molecule has 0 saturated carbocycles. The maximum absolute atomic E-state index is 12.1. The van der Waals surface area contributed by atoms with Crippen LogP contribution in [0, 0.1) is 0 Å². The topological polar surface area (TPSA) is 117 Å². The van der Waals surface area contributed by atoms with Gasteiger partial charge in [-0.25, -0.2) is 23.0 Å². The number of nitrogens with one attached hydrogen (secondary N) is 2. The first-order valence-corrected chi connectivity index (χ1v) is 9.58. The molecule has 0 atom stereocenters. The lowest BCUT2D eigenvalue weighted by Gasteiger charge is -2.31. The van der Waals surface area contributed by atoms with Crippen LogP contribution < -0.4 is 10.4 Å². The van der Waals surface area contributed by atoms with E-state index in [0.717, 1.165) is 24.9 Å². The van der Waals surface area contributed by atoms with Crippen molar-refractivity contribution >= 4 is 15.9 Å². The van der Waals surface area contributed by atoms with Gasteiger partial charge in [0.05, 0.1) is 6.26 Å². The van der Waals surface area contributed by atoms with E-state index in [1.165, 1.54) is 0 Å². The number of piperidine rings is 1. The highest BCUT2D eigenvalue weighted by Crippen LogP contribution is 2.26. The number of carbonyl (C=O) groups is 1. The fourth-order valence-corrected chi connectivity index (χ4v) is 3.31. The number of aromatic amines is 1. The van der Waals surface area contributed by atoms with E-state index in [4.69, 9.17) is 0 Å². The summed E-state index contributed by atoms with van der Waals surface area (Å²) in [5, 5.41) is 6.58. The Morgan fingerprint density at radius 2 is 2.04 bits per heavy atom. The normalized spacial score (nSPS) is 16.7. The van der Waals surface area contributed by atoms with Gasteiger partial charge in [0.1, 0.15) is 5.82 Å². The molecule has 1 aliphatic rings. The van der Waals surface area contributed by atoms with Crippen molar-refractivity contribution in [2.45, 2.75) is 38.6 Å². The summed E-state index contributed by atoms with van der Waals surface area (Å²) >= 11 is 0. The van der Waals surface area contributed by atoms with E-state index < -0.39 is 10.0 Å². The molecule has 0 unspecified atom stereocenters. The molecule has 23 heavy (non-hydrogen) atoms. The first-order chi connectivity index (χ1) is 10.8. The number of rotatable bonds is 6. The molecule has 2 N–H and O–H groups in total. The van der Waals surface area contributed by atoms with Gasteiger partial charge < -0.3 is 4.90 Å². The van der Waals surface area contributed by atoms with E-state index in [1.807, 2.05) is 6.92 Å². The van der Waals surface area contributed by atoms with Crippen LogP contribution >= 0.6 is 0 Å². The zero-order chi connectivity index (χ0) is 17.0. The molecular formula is C13H23N5O4S. The van der Waals surface area contributed by atoms with Gasteiger partial charge in [-0.2, -0.15) is 5.10 Å². The number of carbonyl (C=O) groups excluding carboxylic acids is 1. The number of sulfonamides is 1. The second-order valence-electron chi connectivity index (χ2n) is 5.70. The third-order valence-corrected chi connectivity index (χ3v) is 4.75. The molecule has 0 bridgehead atoms. The van der Waals surface area contributed by atoms with Gasteiger partial charge in [-0.1, -0.05) is 0 Å². The Labute approximate surface area is 135 Å². The first kappa shape index (κ1) is 17.7. The Kier molecular flexibility index (Phi) is 5.58. The van der Waals surface area contributed by atoms with Gasteiger partial charge in [0, 0.05) is 38.5 Å². The predicted molar refractivity (Wildman–Crippen MR) is 84.5 cm³/mol. The number of likely N-dealkylation sites (tertiary alicyclic amines) is 1. The lowest BCUT2D eigenvalue weighted by Crippen LogP contribution is -2.40. The molecule has 9 nitrogen and oxygen atoms in total. The van der Waals surface area contributed by atoms with Crippen molar-refractivity contribution < 1.29 is 13.2 Å². The summed E-state index contributed by atoms with van der Waals surface area (Å²) in [6.45, 7) is 3.77. The number of hydrogen-bond acceptors (Lipinski definition) is 5. The van der Waals surface area contributed by atoms with Crippen LogP contribution in [0.5, 0.6) is 0 Å². The van der Waals surface area contributed by atoms with Crippen molar-refractivity contribution in [3.05, 3.63) is 16.3 Å². The van der Waals surface area contributed by atoms with Gasteiger partial charge in [-0.3, -0.25) is 9.36 Å². The summed E-state index contributed by atoms with van der Waals surface area (Å²) in [6.07, 6.45) is 2.71. The largest absolute Gasteiger partial charge is 0.343 e. The third-order valence-electron chi connectivity index (χ3n) is 4.02. The fraction of sp³-hybridized carbons (Fsp3) is 0.769. The van der Waals surface area contributed by atoms with Crippen LogP contribution in [0.4, 0.5) is 0 Å². The van der Waals surface area contributed by atoms with Crippen LogP contribution in [0.15, 0.2) is 4.79 Å². The van der Waals surface area contributed by atoms with Gasteiger partial charge in [-0.05, 0) is 19.8 Å². The van der Waals surface area contributed by atoms with Crippen molar-refractivity contribution in [3.63, 3.8) is 0 Å². The maximum atomic E-state index is 12.1. The molecule has 2 rings (SSSR count). The molecular weight excluding hydrogens is 322 g/mol. The van der Waals surface area contributed by atoms with Crippen molar-refractivity contribution in [2.24, 2.45) is 0 Å². The SMILES string of the molecule is CCn1c(C2CCN(C(=O)CCNS(C)(=O)=O)CC2)n[nH]c1=O. The van der Waals surface area contributed by atoms with Crippen LogP contribution in [0.1, 0.15) is 37.9 Å². The standard InChI is InChI=1S/C13H23N5O4S/c1-3-18-12(15-16-13(18)20)10-5-8-17(9-6-10)11(19)4-7-14-23(2,21)22/h10,14H,3-9H2,1-2H3,(H,16,20). The summed E-state index contributed by atoms with van der Waals surface area (Å²) in [6, 6.07) is 0. The number of hydrogen-bond donors (Lipinski definition) is 2. The molecule has 1 amide bonds. The minimum atomic E-state index is -3.27. The second-order valence-corrected chi connectivity index (χ2v) is 7.54. The predicted octanol–water partition coefficient (Wildman–Crippen LogP) is -0.763. The van der Waals surface area contributed by atoms with Crippen molar-refractivity contribution in [1.29, 1.82) is 0 Å². The van der Waals surface area contributed by atoms with Crippen molar-refractivity contribution in [1.82, 2.24) is 24.4 Å². The Balaban J connectivity index is 1.86. The molecule has 1 aromatic heterocycles. The number of amides is 1. The average molecular weight is 345 g/mol. The number of aromatic nitrogens is 3. The Morgan fingerprint density at radius 1 is 1.39 bits per heavy atom. The highest BCUT2D eigenvalue weighted by Gasteiger charge is 2.27. The van der Waals surface area contributed by atoms with Crippen molar-refractivity contribution in [2.75, 3.05) is 25.9 Å². The molecule has 0 aromatic carbocycles. The summed E-state index contributed by atoms with van der Waals surface area (Å²) in [4.78, 5) is 25.4. The van der Waals surface area contributed by atoms with Crippen LogP contribution in [-0.2, 0) is 21.4 Å². The minimum Gasteiger partial charge on any atom is -0.343 e. The molecule has 1 aromatic rings. The molecule has 1 fully saturated rings. The molecule has 1 aliphatic heterocycles. The molecule has 0 radical (unpaired) electrons. The first-order valence-electron chi connectivity index (χ1n) is 7.69. The molecule has 2 heterocycles. The van der Waals surface area contributed by atoms with E-state index in [9.17, 15) is 18.0 Å². The summed E-state index contributed by atoms with van der Waals surface area (Å²) in [5.74, 6) is 0.852. The highest BCUT2D eigenvalue weighted by atomic mass is 32.2. The van der Waals surface area contributed by atoms with Gasteiger partial charge in [-0.15, -0.1) is 0 Å². The quantitative estimate of drug-likeness (QED) is 0.702. The summed E-state index contributed by atoms with van der Waals surface area (Å²) in [5.41, 5.74) is -0.201. The van der Waals surface area contributed by atoms with Gasteiger partial charge in [0.2, 0.25) is 15.9 Å². The molecule has 0 aliphatic carbocycles. The van der Waals surface area contributed by atoms with E-state index in [1.54, 1.807) is 9.47 Å². The van der Waals surface area contributed by atoms with Gasteiger partial charge in [0.15, 0.2) is 0 Å². The third kappa shape index (κ3) is 4.64. The summed E-state index contributed by atoms with van der Waals surface area (Å²) in [7, 11) is -3.27. The van der Waals surface area contributed by atoms with Gasteiger partial charge in [0.25, 0.3) is 0 Å². The lowest BCUT2D eigenvalue weighted by molar-refractivity contribution is -0.132. The van der Waals surface area contributed by atoms with E-state index >= 15 is 0 Å². The molecule has 130 valence electrons. The van der Waals surface area contributed by atoms with Gasteiger partial charge >= 0.3 is 5.69 Å². The van der Waals surface area contributed by atoms with E-state index in [2.05, 4.69) is 14.9 Å². The van der Waals surface area contributed by atoms with Crippen LogP contribution in [0.2, 0.25) is 0 Å². The van der Waals surface area contributed by atoms with Crippen LogP contribution in [0.3, 0.4) is 0 Å². The summed E-state index contributed by atoms with van der Waals surface area (Å²) < 4.78 is 25.9. The zero-order valence-electron chi connectivity index (χ0n) is 13.4. The second kappa shape index (κ2) is 7.26. The lowest BCUT2D eigenvalue weighted by atomic mass is 9.95. The van der Waals surface area contributed by atoms with E-state index in [-0.39, 0.29) is 30.5 Å². The van der Waals surface area contributed by atoms with Crippen LogP contribution in [0.25, 0.3) is 0 Å². The Bertz CT molecular complexity index is 700. The highest BCUT2D eigenvalue weighted by molar-refractivity contribution is 7.88. The average Bonchev–Trinajstić information content (AvgIpc) is 2.87. The molecule has 1 saturated heterocycles. The van der Waals surface area contributed by atoms with Crippen LogP contribution in [-0.4, -0.2) is 59.9 Å². The smallest absolute Gasteiger partial charge is 0.343 e.